The molecule has 0 spiro atoms. The summed E-state index contributed by atoms with van der Waals surface area (Å²) in [6.07, 6.45) is 1.87. The summed E-state index contributed by atoms with van der Waals surface area (Å²) < 4.78 is 7.45. The minimum Gasteiger partial charge on any atom is -0.452 e. The number of fused-ring (bicyclic) bond motifs is 1. The van der Waals surface area contributed by atoms with Crippen LogP contribution in [0.4, 0.5) is 5.69 Å². The van der Waals surface area contributed by atoms with Gasteiger partial charge in [-0.2, -0.15) is 0 Å². The second kappa shape index (κ2) is 8.19. The number of para-hydroxylation sites is 1. The molecule has 2 heterocycles. The fourth-order valence-corrected chi connectivity index (χ4v) is 4.14. The van der Waals surface area contributed by atoms with Gasteiger partial charge in [0.15, 0.2) is 6.61 Å². The number of nitrogens with zero attached hydrogens (tertiary/aromatic N) is 2. The molecule has 0 aliphatic carbocycles. The predicted octanol–water partition coefficient (Wildman–Crippen LogP) is 4.54. The maximum atomic E-state index is 12.8. The maximum Gasteiger partial charge on any atom is 0.340 e. The SMILES string of the molecule is Cc1ccc(-n2c(C)cc(C(=O)OCC(=O)N3CCCc4ccccc43)c2C)cc1. The number of aromatic nitrogens is 1. The third-order valence-corrected chi connectivity index (χ3v) is 5.68. The first-order valence-electron chi connectivity index (χ1n) is 10.3. The second-order valence-electron chi connectivity index (χ2n) is 7.81. The Balaban J connectivity index is 1.48. The summed E-state index contributed by atoms with van der Waals surface area (Å²) in [6.45, 7) is 6.28. The van der Waals surface area contributed by atoms with Crippen LogP contribution in [0.2, 0.25) is 0 Å². The van der Waals surface area contributed by atoms with E-state index in [2.05, 4.69) is 0 Å². The first-order valence-corrected chi connectivity index (χ1v) is 10.3. The number of anilines is 1. The van der Waals surface area contributed by atoms with E-state index >= 15 is 0 Å². The van der Waals surface area contributed by atoms with Crippen LogP contribution >= 0.6 is 0 Å². The van der Waals surface area contributed by atoms with Crippen LogP contribution in [0.25, 0.3) is 5.69 Å². The van der Waals surface area contributed by atoms with E-state index in [4.69, 9.17) is 4.74 Å². The number of ether oxygens (including phenoxy) is 1. The number of amides is 1. The molecular formula is C25H26N2O3. The molecule has 1 aliphatic rings. The van der Waals surface area contributed by atoms with Gasteiger partial charge in [0.1, 0.15) is 0 Å². The molecule has 0 fully saturated rings. The third-order valence-electron chi connectivity index (χ3n) is 5.68. The Morgan fingerprint density at radius 3 is 2.50 bits per heavy atom. The van der Waals surface area contributed by atoms with Crippen LogP contribution in [-0.4, -0.2) is 29.6 Å². The molecule has 4 rings (SSSR count). The van der Waals surface area contributed by atoms with Crippen molar-refractivity contribution in [2.75, 3.05) is 18.1 Å². The standard InChI is InChI=1S/C25H26N2O3/c1-17-10-12-21(13-11-17)27-18(2)15-22(19(27)3)25(29)30-16-24(28)26-14-6-8-20-7-4-5-9-23(20)26/h4-5,7,9-13,15H,6,8,14,16H2,1-3H3. The van der Waals surface area contributed by atoms with Gasteiger partial charge in [0.2, 0.25) is 0 Å². The van der Waals surface area contributed by atoms with Crippen LogP contribution < -0.4 is 4.90 Å². The average molecular weight is 402 g/mol. The number of aryl methyl sites for hydroxylation is 3. The van der Waals surface area contributed by atoms with E-state index in [0.717, 1.165) is 41.2 Å². The lowest BCUT2D eigenvalue weighted by atomic mass is 10.0. The number of carbonyl (C=O) groups excluding carboxylic acids is 2. The van der Waals surface area contributed by atoms with E-state index in [1.807, 2.05) is 79.9 Å². The summed E-state index contributed by atoms with van der Waals surface area (Å²) >= 11 is 0. The largest absolute Gasteiger partial charge is 0.452 e. The van der Waals surface area contributed by atoms with Crippen molar-refractivity contribution >= 4 is 17.6 Å². The van der Waals surface area contributed by atoms with Crippen LogP contribution in [0.3, 0.4) is 0 Å². The highest BCUT2D eigenvalue weighted by molar-refractivity contribution is 5.98. The number of hydrogen-bond donors (Lipinski definition) is 0. The van der Waals surface area contributed by atoms with Gasteiger partial charge in [-0.3, -0.25) is 4.79 Å². The van der Waals surface area contributed by atoms with E-state index in [0.29, 0.717) is 12.1 Å². The van der Waals surface area contributed by atoms with E-state index in [9.17, 15) is 9.59 Å². The van der Waals surface area contributed by atoms with Crippen LogP contribution in [0.5, 0.6) is 0 Å². The maximum absolute atomic E-state index is 12.8. The number of esters is 1. The molecule has 0 saturated heterocycles. The monoisotopic (exact) mass is 402 g/mol. The first-order chi connectivity index (χ1) is 14.5. The number of carbonyl (C=O) groups is 2. The van der Waals surface area contributed by atoms with Gasteiger partial charge in [-0.25, -0.2) is 4.79 Å². The van der Waals surface area contributed by atoms with Crippen molar-refractivity contribution in [1.29, 1.82) is 0 Å². The molecule has 1 amide bonds. The molecule has 2 aromatic carbocycles. The second-order valence-corrected chi connectivity index (χ2v) is 7.81. The quantitative estimate of drug-likeness (QED) is 0.602. The van der Waals surface area contributed by atoms with Crippen molar-refractivity contribution in [3.05, 3.63) is 82.7 Å². The molecule has 0 unspecified atom stereocenters. The van der Waals surface area contributed by atoms with Gasteiger partial charge in [-0.15, -0.1) is 0 Å². The van der Waals surface area contributed by atoms with Crippen LogP contribution in [-0.2, 0) is 16.0 Å². The fourth-order valence-electron chi connectivity index (χ4n) is 4.14. The van der Waals surface area contributed by atoms with Crippen molar-refractivity contribution in [1.82, 2.24) is 4.57 Å². The smallest absolute Gasteiger partial charge is 0.340 e. The van der Waals surface area contributed by atoms with Gasteiger partial charge >= 0.3 is 5.97 Å². The molecule has 0 bridgehead atoms. The molecule has 0 N–H and O–H groups in total. The molecule has 5 heteroatoms. The lowest BCUT2D eigenvalue weighted by Crippen LogP contribution is -2.38. The normalized spacial score (nSPS) is 13.1. The van der Waals surface area contributed by atoms with E-state index < -0.39 is 5.97 Å². The van der Waals surface area contributed by atoms with Crippen molar-refractivity contribution in [3.8, 4) is 5.69 Å². The van der Waals surface area contributed by atoms with Crippen LogP contribution in [0.15, 0.2) is 54.6 Å². The Hall–Kier alpha value is -3.34. The fraction of sp³-hybridized carbons (Fsp3) is 0.280. The zero-order valence-electron chi connectivity index (χ0n) is 17.6. The predicted molar refractivity (Wildman–Crippen MR) is 117 cm³/mol. The van der Waals surface area contributed by atoms with E-state index in [1.165, 1.54) is 5.56 Å². The van der Waals surface area contributed by atoms with Crippen molar-refractivity contribution in [2.45, 2.75) is 33.6 Å². The highest BCUT2D eigenvalue weighted by atomic mass is 16.5. The Morgan fingerprint density at radius 1 is 1.00 bits per heavy atom. The molecular weight excluding hydrogens is 376 g/mol. The van der Waals surface area contributed by atoms with Crippen molar-refractivity contribution in [2.24, 2.45) is 0 Å². The van der Waals surface area contributed by atoms with E-state index in [1.54, 1.807) is 4.90 Å². The summed E-state index contributed by atoms with van der Waals surface area (Å²) in [7, 11) is 0. The van der Waals surface area contributed by atoms with Gasteiger partial charge in [-0.1, -0.05) is 35.9 Å². The van der Waals surface area contributed by atoms with Crippen LogP contribution in [0, 0.1) is 20.8 Å². The lowest BCUT2D eigenvalue weighted by molar-refractivity contribution is -0.121. The van der Waals surface area contributed by atoms with Crippen molar-refractivity contribution in [3.63, 3.8) is 0 Å². The summed E-state index contributed by atoms with van der Waals surface area (Å²) in [5.74, 6) is -0.664. The van der Waals surface area contributed by atoms with Gasteiger partial charge < -0.3 is 14.2 Å². The zero-order valence-corrected chi connectivity index (χ0v) is 17.6. The van der Waals surface area contributed by atoms with Gasteiger partial charge in [0, 0.05) is 29.3 Å². The molecule has 0 radical (unpaired) electrons. The van der Waals surface area contributed by atoms with Crippen molar-refractivity contribution < 1.29 is 14.3 Å². The molecule has 1 aliphatic heterocycles. The molecule has 30 heavy (non-hydrogen) atoms. The summed E-state index contributed by atoms with van der Waals surface area (Å²) in [5, 5.41) is 0. The molecule has 5 nitrogen and oxygen atoms in total. The van der Waals surface area contributed by atoms with Gasteiger partial charge in [0.05, 0.1) is 5.56 Å². The zero-order chi connectivity index (χ0) is 21.3. The van der Waals surface area contributed by atoms with Crippen LogP contribution in [0.1, 0.15) is 39.3 Å². The molecule has 0 saturated carbocycles. The Bertz CT molecular complexity index is 1100. The van der Waals surface area contributed by atoms with E-state index in [-0.39, 0.29) is 12.5 Å². The summed E-state index contributed by atoms with van der Waals surface area (Å²) in [6, 6.07) is 17.9. The van der Waals surface area contributed by atoms with Gasteiger partial charge in [0.25, 0.3) is 5.91 Å². The molecule has 0 atom stereocenters. The average Bonchev–Trinajstić information content (AvgIpc) is 3.06. The number of hydrogen-bond acceptors (Lipinski definition) is 3. The number of benzene rings is 2. The third kappa shape index (κ3) is 3.75. The highest BCUT2D eigenvalue weighted by Crippen LogP contribution is 2.27. The molecule has 1 aromatic heterocycles. The Morgan fingerprint density at radius 2 is 1.73 bits per heavy atom. The number of rotatable bonds is 4. The minimum atomic E-state index is -0.472. The molecule has 3 aromatic rings. The summed E-state index contributed by atoms with van der Waals surface area (Å²) in [5.41, 5.74) is 6.48. The molecule has 154 valence electrons. The Kier molecular flexibility index (Phi) is 5.44. The first kappa shape index (κ1) is 20.0. The Labute approximate surface area is 176 Å². The lowest BCUT2D eigenvalue weighted by Gasteiger charge is -2.29. The highest BCUT2D eigenvalue weighted by Gasteiger charge is 2.24. The minimum absolute atomic E-state index is 0.192. The van der Waals surface area contributed by atoms with Gasteiger partial charge in [-0.05, 0) is 63.4 Å². The topological polar surface area (TPSA) is 51.5 Å². The summed E-state index contributed by atoms with van der Waals surface area (Å²) in [4.78, 5) is 27.2.